The Morgan fingerprint density at radius 3 is 1.12 bits per heavy atom. The van der Waals surface area contributed by atoms with Crippen LogP contribution in [-0.4, -0.2) is 4.98 Å². The van der Waals surface area contributed by atoms with Crippen molar-refractivity contribution in [2.24, 2.45) is 0 Å². The summed E-state index contributed by atoms with van der Waals surface area (Å²) in [5.74, 6) is 0. The second kappa shape index (κ2) is 14.6. The van der Waals surface area contributed by atoms with Gasteiger partial charge in [-0.25, -0.2) is 0 Å². The van der Waals surface area contributed by atoms with E-state index < -0.39 is 0 Å². The van der Waals surface area contributed by atoms with Crippen molar-refractivity contribution >= 4 is 0 Å². The molecule has 7 aromatic carbocycles. The van der Waals surface area contributed by atoms with Gasteiger partial charge in [-0.15, -0.1) is 35.4 Å². The molecule has 235 valence electrons. The normalized spacial score (nSPS) is 10.7. The second-order valence-electron chi connectivity index (χ2n) is 12.0. The van der Waals surface area contributed by atoms with Crippen LogP contribution in [0.3, 0.4) is 0 Å². The molecule has 1 radical (unpaired) electrons. The zero-order valence-electron chi connectivity index (χ0n) is 26.8. The minimum atomic E-state index is 0. The quantitative estimate of drug-likeness (QED) is 0.146. The first kappa shape index (κ1) is 31.9. The summed E-state index contributed by atoms with van der Waals surface area (Å²) in [4.78, 5) is 4.55. The summed E-state index contributed by atoms with van der Waals surface area (Å²) in [6.45, 7) is 0. The Morgan fingerprint density at radius 1 is 0.306 bits per heavy atom. The summed E-state index contributed by atoms with van der Waals surface area (Å²) in [5.41, 5.74) is 16.1. The van der Waals surface area contributed by atoms with Crippen molar-refractivity contribution in [3.05, 3.63) is 200 Å². The molecule has 0 amide bonds. The summed E-state index contributed by atoms with van der Waals surface area (Å²) in [6.07, 6.45) is 1.83. The van der Waals surface area contributed by atoms with Crippen molar-refractivity contribution in [2.75, 3.05) is 0 Å². The first-order valence-corrected chi connectivity index (χ1v) is 16.3. The monoisotopic (exact) mass is 803 g/mol. The third kappa shape index (κ3) is 7.12. The maximum Gasteiger partial charge on any atom is 0.0160 e. The Kier molecular flexibility index (Phi) is 9.52. The van der Waals surface area contributed by atoms with Crippen LogP contribution >= 0.6 is 0 Å². The topological polar surface area (TPSA) is 12.9 Å². The Labute approximate surface area is 302 Å². The molecule has 8 rings (SSSR count). The molecule has 2 heteroatoms. The molecular weight excluding hydrogens is 771 g/mol. The molecule has 8 aromatic rings. The van der Waals surface area contributed by atoms with Crippen LogP contribution in [0.5, 0.6) is 0 Å². The molecule has 1 heterocycles. The van der Waals surface area contributed by atoms with Gasteiger partial charge in [-0.2, -0.15) is 0 Å². The van der Waals surface area contributed by atoms with Crippen LogP contribution in [0.25, 0.3) is 78.0 Å². The Balaban J connectivity index is 0.00000378. The van der Waals surface area contributed by atoms with E-state index in [1.54, 1.807) is 0 Å². The Morgan fingerprint density at radius 2 is 0.673 bits per heavy atom. The van der Waals surface area contributed by atoms with Crippen LogP contribution in [0.1, 0.15) is 0 Å². The molecule has 0 spiro atoms. The fourth-order valence-corrected chi connectivity index (χ4v) is 6.34. The number of aromatic nitrogens is 1. The molecule has 0 fully saturated rings. The van der Waals surface area contributed by atoms with E-state index in [4.69, 9.17) is 0 Å². The SMILES string of the molecule is [Ir].[c-]1ccc(-c2cccc(-c3cc(-c4cccc(-c5ccccc5)c4)cc(-c4cccc(-c5ccccc5)c4)c3)c2)cc1-c1ccccn1. The fourth-order valence-electron chi connectivity index (χ4n) is 6.34. The van der Waals surface area contributed by atoms with Crippen molar-refractivity contribution in [2.45, 2.75) is 0 Å². The number of nitrogens with zero attached hydrogens (tertiary/aromatic N) is 1. The van der Waals surface area contributed by atoms with Crippen LogP contribution in [0, 0.1) is 6.07 Å². The van der Waals surface area contributed by atoms with E-state index in [0.717, 1.165) is 22.4 Å². The van der Waals surface area contributed by atoms with Gasteiger partial charge >= 0.3 is 0 Å². The summed E-state index contributed by atoms with van der Waals surface area (Å²) in [6, 6.07) is 70.3. The number of hydrogen-bond acceptors (Lipinski definition) is 1. The molecule has 1 nitrogen and oxygen atoms in total. The number of benzene rings is 7. The van der Waals surface area contributed by atoms with Gasteiger partial charge in [-0.3, -0.25) is 0 Å². The molecule has 0 saturated heterocycles. The molecule has 0 aliphatic heterocycles. The molecule has 0 atom stereocenters. The van der Waals surface area contributed by atoms with Gasteiger partial charge in [0.2, 0.25) is 0 Å². The van der Waals surface area contributed by atoms with Crippen LogP contribution in [-0.2, 0) is 20.1 Å². The van der Waals surface area contributed by atoms with E-state index in [1.807, 2.05) is 30.5 Å². The summed E-state index contributed by atoms with van der Waals surface area (Å²) >= 11 is 0. The van der Waals surface area contributed by atoms with Gasteiger partial charge in [0, 0.05) is 26.3 Å². The van der Waals surface area contributed by atoms with Crippen molar-refractivity contribution < 1.29 is 20.1 Å². The molecule has 0 saturated carbocycles. The minimum Gasteiger partial charge on any atom is -0.305 e. The van der Waals surface area contributed by atoms with E-state index >= 15 is 0 Å². The van der Waals surface area contributed by atoms with Crippen molar-refractivity contribution in [3.63, 3.8) is 0 Å². The van der Waals surface area contributed by atoms with Crippen molar-refractivity contribution in [1.82, 2.24) is 4.98 Å². The van der Waals surface area contributed by atoms with Gasteiger partial charge in [0.1, 0.15) is 0 Å². The Bertz CT molecular complexity index is 2230. The van der Waals surface area contributed by atoms with E-state index in [2.05, 4.69) is 175 Å². The summed E-state index contributed by atoms with van der Waals surface area (Å²) in [7, 11) is 0. The molecule has 0 aliphatic carbocycles. The molecular formula is C47H32IrN-. The third-order valence-corrected chi connectivity index (χ3v) is 8.81. The molecule has 1 aromatic heterocycles. The zero-order chi connectivity index (χ0) is 32.1. The van der Waals surface area contributed by atoms with Gasteiger partial charge in [-0.1, -0.05) is 127 Å². The van der Waals surface area contributed by atoms with E-state index in [0.29, 0.717) is 0 Å². The maximum absolute atomic E-state index is 4.55. The number of pyridine rings is 1. The summed E-state index contributed by atoms with van der Waals surface area (Å²) in [5, 5.41) is 0. The van der Waals surface area contributed by atoms with E-state index in [9.17, 15) is 0 Å². The predicted molar refractivity (Wildman–Crippen MR) is 201 cm³/mol. The van der Waals surface area contributed by atoms with Gasteiger partial charge in [0.25, 0.3) is 0 Å². The fraction of sp³-hybridized carbons (Fsp3) is 0. The van der Waals surface area contributed by atoms with Gasteiger partial charge < -0.3 is 4.98 Å². The van der Waals surface area contributed by atoms with Gasteiger partial charge in [0.05, 0.1) is 0 Å². The Hall–Kier alpha value is -5.66. The summed E-state index contributed by atoms with van der Waals surface area (Å²) < 4.78 is 0. The third-order valence-electron chi connectivity index (χ3n) is 8.81. The van der Waals surface area contributed by atoms with Crippen LogP contribution < -0.4 is 0 Å². The zero-order valence-corrected chi connectivity index (χ0v) is 29.2. The molecule has 0 N–H and O–H groups in total. The van der Waals surface area contributed by atoms with Crippen molar-refractivity contribution in [3.8, 4) is 78.0 Å². The first-order valence-electron chi connectivity index (χ1n) is 16.3. The van der Waals surface area contributed by atoms with Crippen LogP contribution in [0.4, 0.5) is 0 Å². The second-order valence-corrected chi connectivity index (χ2v) is 12.0. The molecule has 0 aliphatic rings. The van der Waals surface area contributed by atoms with E-state index in [1.165, 1.54) is 55.6 Å². The van der Waals surface area contributed by atoms with Crippen LogP contribution in [0.15, 0.2) is 194 Å². The van der Waals surface area contributed by atoms with Gasteiger partial charge in [-0.05, 0) is 109 Å². The maximum atomic E-state index is 4.55. The van der Waals surface area contributed by atoms with E-state index in [-0.39, 0.29) is 20.1 Å². The predicted octanol–water partition coefficient (Wildman–Crippen LogP) is 12.5. The number of hydrogen-bond donors (Lipinski definition) is 0. The molecule has 49 heavy (non-hydrogen) atoms. The van der Waals surface area contributed by atoms with Crippen molar-refractivity contribution in [1.29, 1.82) is 0 Å². The average molecular weight is 803 g/mol. The number of rotatable bonds is 7. The first-order chi connectivity index (χ1) is 23.8. The smallest absolute Gasteiger partial charge is 0.0160 e. The molecule has 0 bridgehead atoms. The molecule has 0 unspecified atom stereocenters. The van der Waals surface area contributed by atoms with Gasteiger partial charge in [0.15, 0.2) is 0 Å². The minimum absolute atomic E-state index is 0. The average Bonchev–Trinajstić information content (AvgIpc) is 3.19. The van der Waals surface area contributed by atoms with Crippen LogP contribution in [0.2, 0.25) is 0 Å². The standard InChI is InChI=1S/C47H32N.Ir/c1-3-13-34(14-4-1)36-17-9-21-40(27-36)44-31-45(41-22-10-18-37(28-41)35-15-5-2-6-16-35)33-46(32-44)42-23-11-19-38(29-42)39-20-12-24-43(30-39)47-25-7-8-26-48-47;/h1-23,25-33H;/q-1;. The largest absolute Gasteiger partial charge is 0.305 e.